The smallest absolute Gasteiger partial charge is 0.410 e. The van der Waals surface area contributed by atoms with Gasteiger partial charge in [-0.25, -0.2) is 9.59 Å². The van der Waals surface area contributed by atoms with E-state index >= 15 is 0 Å². The highest BCUT2D eigenvalue weighted by Gasteiger charge is 2.28. The van der Waals surface area contributed by atoms with E-state index in [1.54, 1.807) is 35.1 Å². The molecule has 5 rings (SSSR count). The van der Waals surface area contributed by atoms with Gasteiger partial charge in [-0.05, 0) is 117 Å². The molecule has 260 valence electrons. The summed E-state index contributed by atoms with van der Waals surface area (Å²) in [7, 11) is 0. The van der Waals surface area contributed by atoms with Crippen LogP contribution in [0.15, 0.2) is 25.3 Å². The summed E-state index contributed by atoms with van der Waals surface area (Å²) < 4.78 is 14.7. The van der Waals surface area contributed by atoms with E-state index in [9.17, 15) is 9.59 Å². The van der Waals surface area contributed by atoms with Crippen molar-refractivity contribution in [2.24, 2.45) is 23.5 Å². The lowest BCUT2D eigenvalue weighted by molar-refractivity contribution is 0.0171. The zero-order valence-corrected chi connectivity index (χ0v) is 28.9. The van der Waals surface area contributed by atoms with E-state index in [0.717, 1.165) is 90.5 Å². The van der Waals surface area contributed by atoms with Crippen LogP contribution in [0.1, 0.15) is 80.1 Å². The van der Waals surface area contributed by atoms with Gasteiger partial charge in [0, 0.05) is 39.3 Å². The number of rotatable bonds is 5. The molecule has 14 nitrogen and oxygen atoms in total. The van der Waals surface area contributed by atoms with E-state index in [0.29, 0.717) is 11.8 Å². The Morgan fingerprint density at radius 2 is 1.00 bits per heavy atom. The molecule has 0 aromatic carbocycles. The Bertz CT molecular complexity index is 1110. The summed E-state index contributed by atoms with van der Waals surface area (Å²) in [4.78, 5) is 27.2. The number of hydrogen-bond donors (Lipinski definition) is 2. The predicted octanol–water partition coefficient (Wildman–Crippen LogP) is 3.80. The van der Waals surface area contributed by atoms with Crippen LogP contribution in [0, 0.1) is 17.8 Å². The molecule has 0 atom stereocenters. The van der Waals surface area contributed by atoms with E-state index in [4.69, 9.17) is 15.2 Å². The van der Waals surface area contributed by atoms with Crippen LogP contribution in [-0.4, -0.2) is 109 Å². The van der Waals surface area contributed by atoms with Crippen molar-refractivity contribution < 1.29 is 19.1 Å². The van der Waals surface area contributed by atoms with E-state index in [2.05, 4.69) is 30.3 Å². The number of carbonyl (C=O) groups excluding carboxylic acids is 2. The fourth-order valence-corrected chi connectivity index (χ4v) is 5.60. The fourth-order valence-electron chi connectivity index (χ4n) is 5.60. The first-order chi connectivity index (χ1) is 21.8. The topological polar surface area (TPSA) is 159 Å². The highest BCUT2D eigenvalue weighted by molar-refractivity contribution is 5.68. The molecule has 3 fully saturated rings. The molecule has 3 aliphatic heterocycles. The first-order valence-corrected chi connectivity index (χ1v) is 16.8. The van der Waals surface area contributed by atoms with Crippen molar-refractivity contribution >= 4 is 12.2 Å². The summed E-state index contributed by atoms with van der Waals surface area (Å²) in [5, 5.41) is 18.5. The van der Waals surface area contributed by atoms with Gasteiger partial charge in [-0.3, -0.25) is 0 Å². The minimum atomic E-state index is -0.420. The summed E-state index contributed by atoms with van der Waals surface area (Å²) in [6, 6.07) is 0. The summed E-state index contributed by atoms with van der Waals surface area (Å²) in [5.74, 6) is 1.96. The molecule has 0 unspecified atom stereocenters. The van der Waals surface area contributed by atoms with Gasteiger partial charge in [-0.1, -0.05) is 0 Å². The molecule has 46 heavy (non-hydrogen) atoms. The Morgan fingerprint density at radius 1 is 0.652 bits per heavy atom. The molecular weight excluding hydrogens is 588 g/mol. The first-order valence-electron chi connectivity index (χ1n) is 16.8. The molecule has 3 N–H and O–H groups in total. The van der Waals surface area contributed by atoms with Crippen LogP contribution in [0.3, 0.4) is 0 Å². The van der Waals surface area contributed by atoms with Crippen LogP contribution in [0.5, 0.6) is 0 Å². The minimum absolute atomic E-state index is 0.196. The number of piperidine rings is 3. The van der Waals surface area contributed by atoms with Crippen molar-refractivity contribution in [2.75, 3.05) is 45.8 Å². The molecule has 0 saturated carbocycles. The monoisotopic (exact) mass is 646 g/mol. The van der Waals surface area contributed by atoms with Gasteiger partial charge in [0.05, 0.1) is 0 Å². The number of nitrogens with two attached hydrogens (primary N) is 1. The van der Waals surface area contributed by atoms with Crippen LogP contribution in [-0.2, 0) is 22.6 Å². The van der Waals surface area contributed by atoms with Gasteiger partial charge in [0.15, 0.2) is 0 Å². The van der Waals surface area contributed by atoms with Crippen LogP contribution >= 0.6 is 0 Å². The summed E-state index contributed by atoms with van der Waals surface area (Å²) in [6.45, 7) is 19.5. The lowest BCUT2D eigenvalue weighted by Gasteiger charge is -2.33. The van der Waals surface area contributed by atoms with Crippen LogP contribution in [0.2, 0.25) is 0 Å². The van der Waals surface area contributed by atoms with Crippen molar-refractivity contribution in [2.45, 2.75) is 104 Å². The van der Waals surface area contributed by atoms with Gasteiger partial charge >= 0.3 is 12.2 Å². The lowest BCUT2D eigenvalue weighted by Crippen LogP contribution is -2.42. The summed E-state index contributed by atoms with van der Waals surface area (Å²) in [5.41, 5.74) is 4.77. The highest BCUT2D eigenvalue weighted by Crippen LogP contribution is 2.21. The third kappa shape index (κ3) is 14.4. The average molecular weight is 647 g/mol. The molecule has 0 radical (unpaired) electrons. The maximum atomic E-state index is 11.9. The van der Waals surface area contributed by atoms with Gasteiger partial charge in [0.2, 0.25) is 0 Å². The second kappa shape index (κ2) is 18.2. The normalized spacial score (nSPS) is 18.6. The quantitative estimate of drug-likeness (QED) is 0.490. The maximum Gasteiger partial charge on any atom is 0.410 e. The molecule has 2 aromatic heterocycles. The Hall–Kier alpha value is -3.26. The SMILES string of the molecule is CC(C)(C)OC(=O)N1CCC(CN)CC1.CC(C)(C)OC(=O)N1CCC(Cn2cnnc2)CC1.c1nncn1CC1CCNCC1. The van der Waals surface area contributed by atoms with Crippen molar-refractivity contribution in [1.29, 1.82) is 0 Å². The van der Waals surface area contributed by atoms with Crippen LogP contribution in [0.4, 0.5) is 9.59 Å². The number of ether oxygens (including phenoxy) is 2. The Balaban J connectivity index is 0.000000193. The molecule has 3 aliphatic rings. The van der Waals surface area contributed by atoms with Crippen molar-refractivity contribution in [1.82, 2.24) is 44.6 Å². The van der Waals surface area contributed by atoms with Gasteiger partial charge in [-0.15, -0.1) is 20.4 Å². The Kier molecular flexibility index (Phi) is 14.7. The number of nitrogens with zero attached hydrogens (tertiary/aromatic N) is 8. The summed E-state index contributed by atoms with van der Waals surface area (Å²) in [6.07, 6.45) is 13.2. The Labute approximate surface area is 274 Å². The number of hydrogen-bond acceptors (Lipinski definition) is 10. The fraction of sp³-hybridized carbons (Fsp3) is 0.812. The Morgan fingerprint density at radius 3 is 1.35 bits per heavy atom. The number of aromatic nitrogens is 6. The molecule has 2 amide bonds. The molecule has 0 aliphatic carbocycles. The predicted molar refractivity (Wildman–Crippen MR) is 176 cm³/mol. The zero-order chi connectivity index (χ0) is 33.6. The van der Waals surface area contributed by atoms with Crippen LogP contribution in [0.25, 0.3) is 0 Å². The van der Waals surface area contributed by atoms with E-state index in [-0.39, 0.29) is 12.2 Å². The molecule has 5 heterocycles. The number of nitrogens with one attached hydrogen (secondary N) is 1. The van der Waals surface area contributed by atoms with Gasteiger partial charge in [-0.2, -0.15) is 0 Å². The molecule has 14 heteroatoms. The summed E-state index contributed by atoms with van der Waals surface area (Å²) >= 11 is 0. The van der Waals surface area contributed by atoms with E-state index < -0.39 is 11.2 Å². The third-order valence-corrected chi connectivity index (χ3v) is 8.20. The van der Waals surface area contributed by atoms with E-state index in [1.165, 1.54) is 12.8 Å². The van der Waals surface area contributed by atoms with Crippen molar-refractivity contribution in [3.05, 3.63) is 25.3 Å². The van der Waals surface area contributed by atoms with Gasteiger partial charge in [0.25, 0.3) is 0 Å². The standard InChI is InChI=1S/C13H22N4O2.C11H22N2O2.C8H14N4/c1-13(2,3)19-12(18)17-6-4-11(5-7-17)8-16-9-14-15-10-16;1-11(2,3)15-10(14)13-6-4-9(8-12)5-7-13;1-3-9-4-2-8(1)5-12-6-10-11-7-12/h9-11H,4-8H2,1-3H3;9H,4-8,12H2,1-3H3;6-9H,1-5H2. The highest BCUT2D eigenvalue weighted by atomic mass is 16.6. The number of carbonyl (C=O) groups is 2. The van der Waals surface area contributed by atoms with Crippen LogP contribution < -0.4 is 11.1 Å². The number of amides is 2. The zero-order valence-electron chi connectivity index (χ0n) is 28.9. The molecule has 2 aromatic rings. The molecule has 0 bridgehead atoms. The second-order valence-corrected chi connectivity index (χ2v) is 14.6. The molecular formula is C32H58N10O4. The largest absolute Gasteiger partial charge is 0.444 e. The molecule has 3 saturated heterocycles. The van der Waals surface area contributed by atoms with Crippen molar-refractivity contribution in [3.63, 3.8) is 0 Å². The van der Waals surface area contributed by atoms with Gasteiger partial charge in [0.1, 0.15) is 36.5 Å². The third-order valence-electron chi connectivity index (χ3n) is 8.20. The van der Waals surface area contributed by atoms with Gasteiger partial charge < -0.3 is 39.5 Å². The van der Waals surface area contributed by atoms with E-state index in [1.807, 2.05) is 46.1 Å². The lowest BCUT2D eigenvalue weighted by atomic mass is 9.97. The van der Waals surface area contributed by atoms with Crippen molar-refractivity contribution in [3.8, 4) is 0 Å². The number of likely N-dealkylation sites (tertiary alicyclic amines) is 2. The average Bonchev–Trinajstić information content (AvgIpc) is 3.72. The molecule has 0 spiro atoms. The maximum absolute atomic E-state index is 11.9. The first kappa shape index (κ1) is 37.2. The second-order valence-electron chi connectivity index (χ2n) is 14.6. The minimum Gasteiger partial charge on any atom is -0.444 e.